The van der Waals surface area contributed by atoms with Gasteiger partial charge in [-0.05, 0) is 13.3 Å². The number of halogens is 2. The van der Waals surface area contributed by atoms with Crippen molar-refractivity contribution in [1.82, 2.24) is 0 Å². The summed E-state index contributed by atoms with van der Waals surface area (Å²) in [7, 11) is 0. The molecule has 0 fully saturated rings. The van der Waals surface area contributed by atoms with Gasteiger partial charge in [0.2, 0.25) is 0 Å². The maximum Gasteiger partial charge on any atom is 0.311 e. The summed E-state index contributed by atoms with van der Waals surface area (Å²) in [5.41, 5.74) is 0. The van der Waals surface area contributed by atoms with Crippen molar-refractivity contribution in [3.05, 3.63) is 29.8 Å². The molecule has 19 heavy (non-hydrogen) atoms. The third-order valence-corrected chi connectivity index (χ3v) is 2.13. The van der Waals surface area contributed by atoms with Crippen molar-refractivity contribution in [2.45, 2.75) is 26.2 Å². The maximum absolute atomic E-state index is 12.8. The summed E-state index contributed by atoms with van der Waals surface area (Å²) in [6.07, 6.45) is 0.326. The SMILES string of the molecule is CCOC(=O)CCCC(=O)Oc1cc(F)cc(F)c1. The van der Waals surface area contributed by atoms with Crippen LogP contribution in [-0.2, 0) is 14.3 Å². The molecule has 1 aromatic carbocycles. The monoisotopic (exact) mass is 272 g/mol. The Morgan fingerprint density at radius 2 is 1.63 bits per heavy atom. The Labute approximate surface area is 109 Å². The van der Waals surface area contributed by atoms with E-state index in [0.29, 0.717) is 6.07 Å². The van der Waals surface area contributed by atoms with E-state index in [1.165, 1.54) is 0 Å². The normalized spacial score (nSPS) is 10.1. The average Bonchev–Trinajstić information content (AvgIpc) is 2.27. The van der Waals surface area contributed by atoms with Crippen molar-refractivity contribution in [3.8, 4) is 5.75 Å². The predicted molar refractivity (Wildman–Crippen MR) is 62.5 cm³/mol. The molecule has 0 radical (unpaired) electrons. The number of carbonyl (C=O) groups is 2. The fraction of sp³-hybridized carbons (Fsp3) is 0.385. The molecule has 0 aliphatic rings. The van der Waals surface area contributed by atoms with E-state index >= 15 is 0 Å². The lowest BCUT2D eigenvalue weighted by atomic mass is 10.2. The minimum atomic E-state index is -0.825. The topological polar surface area (TPSA) is 52.6 Å². The van der Waals surface area contributed by atoms with Gasteiger partial charge in [-0.25, -0.2) is 8.78 Å². The van der Waals surface area contributed by atoms with Gasteiger partial charge < -0.3 is 9.47 Å². The van der Waals surface area contributed by atoms with E-state index in [9.17, 15) is 18.4 Å². The lowest BCUT2D eigenvalue weighted by molar-refractivity contribution is -0.143. The van der Waals surface area contributed by atoms with Crippen molar-refractivity contribution >= 4 is 11.9 Å². The van der Waals surface area contributed by atoms with Gasteiger partial charge in [0.15, 0.2) is 0 Å². The van der Waals surface area contributed by atoms with Gasteiger partial charge in [0.25, 0.3) is 0 Å². The number of rotatable bonds is 6. The molecule has 4 nitrogen and oxygen atoms in total. The first-order valence-corrected chi connectivity index (χ1v) is 5.83. The van der Waals surface area contributed by atoms with Crippen LogP contribution in [0.4, 0.5) is 8.78 Å². The van der Waals surface area contributed by atoms with Gasteiger partial charge in [-0.15, -0.1) is 0 Å². The van der Waals surface area contributed by atoms with Gasteiger partial charge in [-0.3, -0.25) is 9.59 Å². The van der Waals surface area contributed by atoms with Gasteiger partial charge in [0, 0.05) is 31.0 Å². The summed E-state index contributed by atoms with van der Waals surface area (Å²) in [6, 6.07) is 2.50. The Morgan fingerprint density at radius 1 is 1.05 bits per heavy atom. The van der Waals surface area contributed by atoms with E-state index in [1.807, 2.05) is 0 Å². The van der Waals surface area contributed by atoms with Gasteiger partial charge in [0.05, 0.1) is 6.61 Å². The highest BCUT2D eigenvalue weighted by molar-refractivity contribution is 5.74. The van der Waals surface area contributed by atoms with Crippen LogP contribution in [0, 0.1) is 11.6 Å². The van der Waals surface area contributed by atoms with Crippen LogP contribution in [0.25, 0.3) is 0 Å². The lowest BCUT2D eigenvalue weighted by Crippen LogP contribution is -2.10. The van der Waals surface area contributed by atoms with E-state index in [4.69, 9.17) is 4.74 Å². The van der Waals surface area contributed by atoms with Crippen molar-refractivity contribution in [1.29, 1.82) is 0 Å². The zero-order valence-electron chi connectivity index (χ0n) is 10.4. The zero-order chi connectivity index (χ0) is 14.3. The maximum atomic E-state index is 12.8. The molecule has 104 valence electrons. The third-order valence-electron chi connectivity index (χ3n) is 2.13. The summed E-state index contributed by atoms with van der Waals surface area (Å²) >= 11 is 0. The number of hydrogen-bond acceptors (Lipinski definition) is 4. The molecule has 0 saturated carbocycles. The highest BCUT2D eigenvalue weighted by Gasteiger charge is 2.09. The first kappa shape index (κ1) is 15.1. The lowest BCUT2D eigenvalue weighted by Gasteiger charge is -2.04. The highest BCUT2D eigenvalue weighted by atomic mass is 19.1. The predicted octanol–water partition coefficient (Wildman–Crippen LogP) is 2.60. The number of ether oxygens (including phenoxy) is 2. The van der Waals surface area contributed by atoms with E-state index in [-0.39, 0.29) is 31.6 Å². The Balaban J connectivity index is 2.37. The summed E-state index contributed by atoms with van der Waals surface area (Å²) < 4.78 is 35.1. The largest absolute Gasteiger partial charge is 0.466 e. The van der Waals surface area contributed by atoms with Crippen LogP contribution in [0.1, 0.15) is 26.2 Å². The second kappa shape index (κ2) is 7.45. The van der Waals surface area contributed by atoms with Crippen molar-refractivity contribution in [2.75, 3.05) is 6.61 Å². The van der Waals surface area contributed by atoms with Crippen molar-refractivity contribution in [2.24, 2.45) is 0 Å². The molecule has 1 aromatic rings. The molecule has 0 atom stereocenters. The smallest absolute Gasteiger partial charge is 0.311 e. The van der Waals surface area contributed by atoms with E-state index in [2.05, 4.69) is 4.74 Å². The van der Waals surface area contributed by atoms with Crippen LogP contribution in [0.15, 0.2) is 18.2 Å². The Morgan fingerprint density at radius 3 is 2.21 bits per heavy atom. The average molecular weight is 272 g/mol. The summed E-state index contributed by atoms with van der Waals surface area (Å²) in [4.78, 5) is 22.4. The summed E-state index contributed by atoms with van der Waals surface area (Å²) in [5.74, 6) is -2.90. The van der Waals surface area contributed by atoms with Crippen molar-refractivity contribution < 1.29 is 27.8 Å². The highest BCUT2D eigenvalue weighted by Crippen LogP contribution is 2.16. The first-order valence-electron chi connectivity index (χ1n) is 5.83. The molecule has 0 bridgehead atoms. The molecule has 0 spiro atoms. The molecular formula is C13H14F2O4. The summed E-state index contributed by atoms with van der Waals surface area (Å²) in [6.45, 7) is 1.97. The second-order valence-corrected chi connectivity index (χ2v) is 3.74. The molecule has 0 amide bonds. The minimum absolute atomic E-state index is 0.0308. The van der Waals surface area contributed by atoms with Crippen LogP contribution in [0.2, 0.25) is 0 Å². The number of benzene rings is 1. The zero-order valence-corrected chi connectivity index (χ0v) is 10.4. The molecule has 0 saturated heterocycles. The Kier molecular flexibility index (Phi) is 5.92. The quantitative estimate of drug-likeness (QED) is 0.590. The minimum Gasteiger partial charge on any atom is -0.466 e. The van der Waals surface area contributed by atoms with Gasteiger partial charge in [-0.1, -0.05) is 0 Å². The molecule has 0 aliphatic heterocycles. The number of hydrogen-bond donors (Lipinski definition) is 0. The molecular weight excluding hydrogens is 258 g/mol. The van der Waals surface area contributed by atoms with E-state index < -0.39 is 23.6 Å². The van der Waals surface area contributed by atoms with Crippen LogP contribution >= 0.6 is 0 Å². The van der Waals surface area contributed by atoms with E-state index in [1.54, 1.807) is 6.92 Å². The molecule has 0 unspecified atom stereocenters. The van der Waals surface area contributed by atoms with Crippen molar-refractivity contribution in [3.63, 3.8) is 0 Å². The van der Waals surface area contributed by atoms with Gasteiger partial charge in [-0.2, -0.15) is 0 Å². The van der Waals surface area contributed by atoms with E-state index in [0.717, 1.165) is 12.1 Å². The van der Waals surface area contributed by atoms with Crippen LogP contribution in [-0.4, -0.2) is 18.5 Å². The fourth-order valence-corrected chi connectivity index (χ4v) is 1.38. The van der Waals surface area contributed by atoms with Gasteiger partial charge in [0.1, 0.15) is 17.4 Å². The first-order chi connectivity index (χ1) is 9.01. The van der Waals surface area contributed by atoms with Crippen LogP contribution in [0.3, 0.4) is 0 Å². The molecule has 0 aromatic heterocycles. The standard InChI is InChI=1S/C13H14F2O4/c1-2-18-12(16)4-3-5-13(17)19-11-7-9(14)6-10(15)8-11/h6-8H,2-5H2,1H3. The van der Waals surface area contributed by atoms with Gasteiger partial charge >= 0.3 is 11.9 Å². The third kappa shape index (κ3) is 5.94. The molecule has 0 heterocycles. The van der Waals surface area contributed by atoms with Crippen LogP contribution in [0.5, 0.6) is 5.75 Å². The molecule has 0 N–H and O–H groups in total. The Hall–Kier alpha value is -1.98. The molecule has 0 aliphatic carbocycles. The van der Waals surface area contributed by atoms with Crippen LogP contribution < -0.4 is 4.74 Å². The molecule has 1 rings (SSSR count). The fourth-order valence-electron chi connectivity index (χ4n) is 1.38. The number of esters is 2. The number of carbonyl (C=O) groups excluding carboxylic acids is 2. The molecule has 6 heteroatoms. The summed E-state index contributed by atoms with van der Waals surface area (Å²) in [5, 5.41) is 0. The second-order valence-electron chi connectivity index (χ2n) is 3.74. The Bertz CT molecular complexity index is 440.